The minimum atomic E-state index is -0.634. The lowest BCUT2D eigenvalue weighted by Gasteiger charge is -2.32. The van der Waals surface area contributed by atoms with Crippen LogP contribution in [0.1, 0.15) is 33.8 Å². The van der Waals surface area contributed by atoms with Crippen LogP contribution in [0.15, 0.2) is 47.4 Å². The maximum absolute atomic E-state index is 14.2. The number of nitrogens with zero attached hydrogens (tertiary/aromatic N) is 8. The molecule has 160 valence electrons. The molecule has 0 bridgehead atoms. The number of pyridine rings is 1. The Morgan fingerprint density at radius 3 is 3.03 bits per heavy atom. The van der Waals surface area contributed by atoms with Gasteiger partial charge in [-0.15, -0.1) is 10.2 Å². The van der Waals surface area contributed by atoms with Crippen LogP contribution in [0.4, 0.5) is 4.39 Å². The van der Waals surface area contributed by atoms with E-state index in [-0.39, 0.29) is 11.8 Å². The third-order valence-electron chi connectivity index (χ3n) is 5.48. The number of halogens is 1. The normalized spacial score (nSPS) is 15.9. The molecule has 0 fully saturated rings. The summed E-state index contributed by atoms with van der Waals surface area (Å²) in [5, 5.41) is 16.4. The lowest BCUT2D eigenvalue weighted by molar-refractivity contribution is 0.0646. The van der Waals surface area contributed by atoms with Gasteiger partial charge in [0, 0.05) is 31.9 Å². The number of aromatic nitrogens is 8. The van der Waals surface area contributed by atoms with E-state index in [1.54, 1.807) is 53.5 Å². The zero-order valence-electron chi connectivity index (χ0n) is 16.8. The summed E-state index contributed by atoms with van der Waals surface area (Å²) >= 11 is 0. The average Bonchev–Trinajstić information content (AvgIpc) is 3.57. The van der Waals surface area contributed by atoms with Gasteiger partial charge in [0.05, 0.1) is 35.0 Å². The van der Waals surface area contributed by atoms with Crippen molar-refractivity contribution in [2.24, 2.45) is 7.05 Å². The second-order valence-electron chi connectivity index (χ2n) is 7.49. The highest BCUT2D eigenvalue weighted by molar-refractivity contribution is 5.90. The van der Waals surface area contributed by atoms with Gasteiger partial charge in [0.15, 0.2) is 0 Å². The fraction of sp³-hybridized carbons (Fsp3) is 0.200. The SMILES string of the molecule is Cn1cc(-c2nnc(C(=O)N3CCc4[nH]cnc4[C@@H]3c3cc4cccc(F)n4n3)o2)cn1. The molecule has 6 heterocycles. The Balaban J connectivity index is 1.41. The van der Waals surface area contributed by atoms with Gasteiger partial charge in [-0.25, -0.2) is 9.50 Å². The minimum Gasteiger partial charge on any atom is -0.412 e. The number of rotatable bonds is 3. The fourth-order valence-corrected chi connectivity index (χ4v) is 4.01. The summed E-state index contributed by atoms with van der Waals surface area (Å²) in [6.07, 6.45) is 5.44. The number of carbonyl (C=O) groups excluding carboxylic acids is 1. The predicted molar refractivity (Wildman–Crippen MR) is 107 cm³/mol. The second-order valence-corrected chi connectivity index (χ2v) is 7.49. The first-order chi connectivity index (χ1) is 15.6. The number of aryl methyl sites for hydroxylation is 1. The van der Waals surface area contributed by atoms with Gasteiger partial charge in [0.2, 0.25) is 5.95 Å². The standard InChI is InChI=1S/C20H16FN9O2/c1-28-9-11(8-24-28)18-25-26-19(32-18)20(31)29-6-5-13-16(23-10-22-13)17(29)14-7-12-3-2-4-15(21)30(12)27-14/h2-4,7-10,17H,5-6H2,1H3,(H,22,23)/t17-/m0/s1. The molecule has 1 N–H and O–H groups in total. The van der Waals surface area contributed by atoms with Gasteiger partial charge in [-0.1, -0.05) is 6.07 Å². The summed E-state index contributed by atoms with van der Waals surface area (Å²) in [5.41, 5.74) is 3.23. The number of nitrogens with one attached hydrogen (secondary N) is 1. The van der Waals surface area contributed by atoms with Crippen LogP contribution in [0.2, 0.25) is 0 Å². The van der Waals surface area contributed by atoms with Crippen molar-refractivity contribution in [3.8, 4) is 11.5 Å². The van der Waals surface area contributed by atoms with Crippen molar-refractivity contribution in [2.45, 2.75) is 12.5 Å². The predicted octanol–water partition coefficient (Wildman–Crippen LogP) is 1.77. The summed E-state index contributed by atoms with van der Waals surface area (Å²) in [4.78, 5) is 22.5. The lowest BCUT2D eigenvalue weighted by atomic mass is 9.99. The van der Waals surface area contributed by atoms with Crippen LogP contribution in [0, 0.1) is 5.95 Å². The van der Waals surface area contributed by atoms with E-state index in [9.17, 15) is 9.18 Å². The molecule has 0 aliphatic carbocycles. The van der Waals surface area contributed by atoms with Gasteiger partial charge in [-0.05, 0) is 18.2 Å². The molecule has 1 aliphatic rings. The molecule has 5 aromatic heterocycles. The van der Waals surface area contributed by atoms with Gasteiger partial charge in [-0.3, -0.25) is 9.48 Å². The summed E-state index contributed by atoms with van der Waals surface area (Å²) < 4.78 is 22.7. The highest BCUT2D eigenvalue weighted by Crippen LogP contribution is 2.34. The topological polar surface area (TPSA) is 123 Å². The van der Waals surface area contributed by atoms with E-state index < -0.39 is 17.9 Å². The number of H-pyrrole nitrogens is 1. The van der Waals surface area contributed by atoms with E-state index >= 15 is 0 Å². The molecule has 5 aromatic rings. The van der Waals surface area contributed by atoms with E-state index in [0.717, 1.165) is 5.69 Å². The van der Waals surface area contributed by atoms with Crippen molar-refractivity contribution in [3.05, 3.63) is 71.9 Å². The summed E-state index contributed by atoms with van der Waals surface area (Å²) in [7, 11) is 1.77. The Kier molecular flexibility index (Phi) is 3.93. The van der Waals surface area contributed by atoms with Gasteiger partial charge in [-0.2, -0.15) is 14.6 Å². The Morgan fingerprint density at radius 2 is 2.22 bits per heavy atom. The quantitative estimate of drug-likeness (QED) is 0.430. The monoisotopic (exact) mass is 433 g/mol. The van der Waals surface area contributed by atoms with Crippen LogP contribution >= 0.6 is 0 Å². The Labute approximate surface area is 179 Å². The van der Waals surface area contributed by atoms with Crippen molar-refractivity contribution in [1.82, 2.24) is 44.5 Å². The molecule has 0 saturated carbocycles. The first-order valence-electron chi connectivity index (χ1n) is 9.88. The van der Waals surface area contributed by atoms with E-state index in [1.165, 1.54) is 10.6 Å². The lowest BCUT2D eigenvalue weighted by Crippen LogP contribution is -2.41. The third-order valence-corrected chi connectivity index (χ3v) is 5.48. The smallest absolute Gasteiger partial charge is 0.312 e. The van der Waals surface area contributed by atoms with Crippen molar-refractivity contribution in [3.63, 3.8) is 0 Å². The molecule has 12 heteroatoms. The molecule has 32 heavy (non-hydrogen) atoms. The first-order valence-corrected chi connectivity index (χ1v) is 9.88. The molecular weight excluding hydrogens is 417 g/mol. The zero-order chi connectivity index (χ0) is 21.8. The summed E-state index contributed by atoms with van der Waals surface area (Å²) in [6.45, 7) is 0.375. The van der Waals surface area contributed by atoms with Crippen LogP contribution in [0.25, 0.3) is 17.0 Å². The average molecular weight is 433 g/mol. The second kappa shape index (κ2) is 6.83. The third kappa shape index (κ3) is 2.80. The Bertz CT molecular complexity index is 1460. The zero-order valence-corrected chi connectivity index (χ0v) is 16.8. The molecule has 0 spiro atoms. The number of hydrogen-bond donors (Lipinski definition) is 1. The molecule has 6 rings (SSSR count). The van der Waals surface area contributed by atoms with E-state index in [4.69, 9.17) is 4.42 Å². The van der Waals surface area contributed by atoms with Crippen LogP contribution in [-0.2, 0) is 13.5 Å². The molecule has 1 amide bonds. The first kappa shape index (κ1) is 18.4. The van der Waals surface area contributed by atoms with Crippen molar-refractivity contribution >= 4 is 11.4 Å². The van der Waals surface area contributed by atoms with Gasteiger partial charge in [0.1, 0.15) is 6.04 Å². The van der Waals surface area contributed by atoms with Crippen molar-refractivity contribution in [1.29, 1.82) is 0 Å². The highest BCUT2D eigenvalue weighted by atomic mass is 19.1. The Hall–Kier alpha value is -4.35. The van der Waals surface area contributed by atoms with Crippen molar-refractivity contribution < 1.29 is 13.6 Å². The van der Waals surface area contributed by atoms with Crippen molar-refractivity contribution in [2.75, 3.05) is 6.54 Å². The van der Waals surface area contributed by atoms with E-state index in [1.807, 2.05) is 0 Å². The number of carbonyl (C=O) groups is 1. The van der Waals surface area contributed by atoms with Gasteiger partial charge in [0.25, 0.3) is 5.89 Å². The molecule has 0 aromatic carbocycles. The minimum absolute atomic E-state index is 0.150. The fourth-order valence-electron chi connectivity index (χ4n) is 4.01. The number of fused-ring (bicyclic) bond motifs is 2. The van der Waals surface area contributed by atoms with E-state index in [0.29, 0.717) is 35.4 Å². The van der Waals surface area contributed by atoms with Crippen LogP contribution in [-0.4, -0.2) is 56.9 Å². The number of imidazole rings is 1. The van der Waals surface area contributed by atoms with Crippen LogP contribution in [0.5, 0.6) is 0 Å². The maximum Gasteiger partial charge on any atom is 0.312 e. The number of aromatic amines is 1. The van der Waals surface area contributed by atoms with Crippen LogP contribution < -0.4 is 0 Å². The van der Waals surface area contributed by atoms with Crippen LogP contribution in [0.3, 0.4) is 0 Å². The van der Waals surface area contributed by atoms with Gasteiger partial charge >= 0.3 is 11.8 Å². The summed E-state index contributed by atoms with van der Waals surface area (Å²) in [5.74, 6) is -0.903. The number of amides is 1. The molecule has 0 unspecified atom stereocenters. The molecule has 1 aliphatic heterocycles. The molecule has 0 saturated heterocycles. The largest absolute Gasteiger partial charge is 0.412 e. The molecule has 11 nitrogen and oxygen atoms in total. The molecule has 0 radical (unpaired) electrons. The highest BCUT2D eigenvalue weighted by Gasteiger charge is 2.38. The number of hydrogen-bond acceptors (Lipinski definition) is 7. The Morgan fingerprint density at radius 1 is 1.31 bits per heavy atom. The molecule has 1 atom stereocenters. The van der Waals surface area contributed by atoms with E-state index in [2.05, 4.69) is 30.4 Å². The van der Waals surface area contributed by atoms with Gasteiger partial charge < -0.3 is 14.3 Å². The summed E-state index contributed by atoms with van der Waals surface area (Å²) in [6, 6.07) is 5.79. The maximum atomic E-state index is 14.2. The molecular formula is C20H16FN9O2.